The monoisotopic (exact) mass is 952 g/mol. The Morgan fingerprint density at radius 1 is 0.537 bits per heavy atom. The van der Waals surface area contributed by atoms with Crippen LogP contribution in [0.1, 0.15) is 209 Å². The first kappa shape index (κ1) is 65.9. The van der Waals surface area contributed by atoms with Crippen LogP contribution in [0.5, 0.6) is 0 Å². The van der Waals surface area contributed by atoms with Crippen LogP contribution in [0.15, 0.2) is 36.5 Å². The molecule has 1 rings (SSSR count). The fourth-order valence-corrected chi connectivity index (χ4v) is 6.98. The number of carbonyl (C=O) groups is 4. The van der Waals surface area contributed by atoms with Crippen LogP contribution in [0.4, 0.5) is 4.79 Å². The van der Waals surface area contributed by atoms with E-state index in [4.69, 9.17) is 33.2 Å². The minimum Gasteiger partial charge on any atom is -0.466 e. The van der Waals surface area contributed by atoms with Crippen LogP contribution < -0.4 is 0 Å². The molecule has 2 atom stereocenters. The summed E-state index contributed by atoms with van der Waals surface area (Å²) < 4.78 is 39.5. The number of hydrogen-bond donors (Lipinski definition) is 0. The molecule has 0 spiro atoms. The van der Waals surface area contributed by atoms with Crippen molar-refractivity contribution >= 4 is 24.1 Å². The van der Waals surface area contributed by atoms with Gasteiger partial charge < -0.3 is 38.1 Å². The first-order valence-electron chi connectivity index (χ1n) is 27.0. The summed E-state index contributed by atoms with van der Waals surface area (Å²) in [6.07, 6.45) is 32.3. The van der Waals surface area contributed by atoms with Crippen LogP contribution in [-0.2, 0) is 47.5 Å². The molecule has 0 bridgehead atoms. The smallest absolute Gasteiger partial charge is 0.466 e. The number of unbranched alkanes of at least 4 members (excludes halogenated alkanes) is 11. The fraction of sp³-hybridized carbons (Fsp3) is 0.818. The Labute approximate surface area is 410 Å². The average Bonchev–Trinajstić information content (AvgIpc) is 3.35. The summed E-state index contributed by atoms with van der Waals surface area (Å²) in [7, 11) is 0. The second-order valence-corrected chi connectivity index (χ2v) is 16.7. The molecule has 1 aliphatic rings. The van der Waals surface area contributed by atoms with Crippen molar-refractivity contribution in [3.05, 3.63) is 36.5 Å². The van der Waals surface area contributed by atoms with Gasteiger partial charge >= 0.3 is 24.1 Å². The van der Waals surface area contributed by atoms with Gasteiger partial charge in [-0.3, -0.25) is 14.4 Å². The second-order valence-electron chi connectivity index (χ2n) is 16.7. The standard InChI is InChI=1S/C51H89NO11.2C2H6/c1-5-9-12-15-18-19-24-27-37-57-47(53)32-25-20-21-26-33-48(54)60-42-46(44-63-51(56)62-41-45-31-30-36-52(8-4)40-45)43-61-49(55)34-35-50(58-38-28-22-16-13-10-6-2)59-39-29-23-17-14-11-7-3;2*1-2/h10-11,13-14,18-19,45-46,50H,5-9,12,15-17,20-44H2,1-4H3;2*1-2H3/b13-10-,14-11-,19-18-;;. The quantitative estimate of drug-likeness (QED) is 0.0190. The molecule has 0 aromatic heterocycles. The predicted molar refractivity (Wildman–Crippen MR) is 273 cm³/mol. The van der Waals surface area contributed by atoms with E-state index in [-0.39, 0.29) is 57.1 Å². The summed E-state index contributed by atoms with van der Waals surface area (Å²) in [4.78, 5) is 52.7. The zero-order valence-corrected chi connectivity index (χ0v) is 44.2. The molecule has 392 valence electrons. The number of carbonyl (C=O) groups excluding carboxylic acids is 4. The predicted octanol–water partition coefficient (Wildman–Crippen LogP) is 13.8. The molecule has 0 aromatic rings. The number of ether oxygens (including phenoxy) is 7. The third-order valence-corrected chi connectivity index (χ3v) is 10.8. The molecule has 1 aliphatic heterocycles. The second kappa shape index (κ2) is 52.2. The molecule has 1 fully saturated rings. The Kier molecular flexibility index (Phi) is 51.3. The molecule has 1 saturated heterocycles. The molecule has 0 radical (unpaired) electrons. The van der Waals surface area contributed by atoms with Crippen LogP contribution >= 0.6 is 0 Å². The zero-order valence-electron chi connectivity index (χ0n) is 44.2. The first-order valence-corrected chi connectivity index (χ1v) is 27.0. The maximum Gasteiger partial charge on any atom is 0.508 e. The number of piperidine rings is 1. The lowest BCUT2D eigenvalue weighted by atomic mass is 9.99. The first-order chi connectivity index (χ1) is 32.8. The summed E-state index contributed by atoms with van der Waals surface area (Å²) in [5.74, 6) is -1.32. The van der Waals surface area contributed by atoms with Gasteiger partial charge in [-0.15, -0.1) is 0 Å². The number of allylic oxidation sites excluding steroid dienone is 6. The Balaban J connectivity index is 0. The normalized spacial score (nSPS) is 14.4. The van der Waals surface area contributed by atoms with Crippen molar-refractivity contribution in [2.24, 2.45) is 11.8 Å². The van der Waals surface area contributed by atoms with E-state index >= 15 is 0 Å². The van der Waals surface area contributed by atoms with E-state index in [0.717, 1.165) is 116 Å². The van der Waals surface area contributed by atoms with E-state index in [0.29, 0.717) is 45.5 Å². The molecule has 67 heavy (non-hydrogen) atoms. The van der Waals surface area contributed by atoms with Crippen molar-refractivity contribution in [2.75, 3.05) is 65.9 Å². The SMILES string of the molecule is CC.CC.CC/C=C\CCCCOC(CCC(=O)OCC(COC(=O)CCCCCCC(=O)OCCC/C=C\CCCCC)COC(=O)OCC1CCCN(CC)C1)OCCCC/C=C\CC. The number of esters is 3. The summed E-state index contributed by atoms with van der Waals surface area (Å²) in [5, 5.41) is 0. The van der Waals surface area contributed by atoms with Crippen molar-refractivity contribution in [3.63, 3.8) is 0 Å². The highest BCUT2D eigenvalue weighted by molar-refractivity contribution is 5.70. The molecule has 0 aliphatic carbocycles. The topological polar surface area (TPSA) is 136 Å². The molecular formula is C55H101NO11. The zero-order chi connectivity index (χ0) is 49.9. The molecule has 12 nitrogen and oxygen atoms in total. The van der Waals surface area contributed by atoms with Gasteiger partial charge in [0, 0.05) is 44.9 Å². The average molecular weight is 952 g/mol. The van der Waals surface area contributed by atoms with Crippen LogP contribution in [0.2, 0.25) is 0 Å². The van der Waals surface area contributed by atoms with Gasteiger partial charge in [-0.1, -0.05) is 118 Å². The van der Waals surface area contributed by atoms with Crippen molar-refractivity contribution in [3.8, 4) is 0 Å². The Bertz CT molecular complexity index is 1200. The highest BCUT2D eigenvalue weighted by atomic mass is 16.7. The molecule has 12 heteroatoms. The number of rotatable bonds is 41. The van der Waals surface area contributed by atoms with Crippen molar-refractivity contribution in [1.82, 2.24) is 4.90 Å². The maximum absolute atomic E-state index is 13.0. The fourth-order valence-electron chi connectivity index (χ4n) is 6.98. The lowest BCUT2D eigenvalue weighted by Gasteiger charge is -2.31. The van der Waals surface area contributed by atoms with E-state index in [2.05, 4.69) is 69.1 Å². The summed E-state index contributed by atoms with van der Waals surface area (Å²) in [6.45, 7) is 21.0. The Morgan fingerprint density at radius 2 is 1.04 bits per heavy atom. The van der Waals surface area contributed by atoms with Gasteiger partial charge in [0.05, 0.1) is 25.6 Å². The lowest BCUT2D eigenvalue weighted by molar-refractivity contribution is -0.161. The number of likely N-dealkylation sites (tertiary alicyclic amines) is 1. The molecule has 0 saturated carbocycles. The van der Waals surface area contributed by atoms with Gasteiger partial charge in [0.1, 0.15) is 19.8 Å². The molecule has 1 heterocycles. The maximum atomic E-state index is 13.0. The van der Waals surface area contributed by atoms with Gasteiger partial charge in [-0.2, -0.15) is 0 Å². The minimum atomic E-state index is -0.791. The van der Waals surface area contributed by atoms with Crippen molar-refractivity contribution in [2.45, 2.75) is 216 Å². The van der Waals surface area contributed by atoms with Gasteiger partial charge in [-0.05, 0) is 116 Å². The van der Waals surface area contributed by atoms with Crippen LogP contribution in [0.25, 0.3) is 0 Å². The molecule has 2 unspecified atom stereocenters. The highest BCUT2D eigenvalue weighted by Crippen LogP contribution is 2.17. The van der Waals surface area contributed by atoms with Crippen LogP contribution in [0.3, 0.4) is 0 Å². The van der Waals surface area contributed by atoms with Crippen LogP contribution in [0, 0.1) is 11.8 Å². The minimum absolute atomic E-state index is 0.0797. The summed E-state index contributed by atoms with van der Waals surface area (Å²) in [6, 6.07) is 0. The number of nitrogens with zero attached hydrogens (tertiary/aromatic N) is 1. The van der Waals surface area contributed by atoms with E-state index in [1.165, 1.54) is 19.3 Å². The van der Waals surface area contributed by atoms with Gasteiger partial charge in [0.25, 0.3) is 0 Å². The third kappa shape index (κ3) is 45.0. The van der Waals surface area contributed by atoms with Crippen molar-refractivity contribution < 1.29 is 52.3 Å². The summed E-state index contributed by atoms with van der Waals surface area (Å²) in [5.41, 5.74) is 0. The molecule has 0 amide bonds. The highest BCUT2D eigenvalue weighted by Gasteiger charge is 2.23. The van der Waals surface area contributed by atoms with Crippen molar-refractivity contribution in [1.29, 1.82) is 0 Å². The number of hydrogen-bond acceptors (Lipinski definition) is 12. The van der Waals surface area contributed by atoms with E-state index < -0.39 is 24.3 Å². The largest absolute Gasteiger partial charge is 0.508 e. The third-order valence-electron chi connectivity index (χ3n) is 10.8. The lowest BCUT2D eigenvalue weighted by Crippen LogP contribution is -2.37. The van der Waals surface area contributed by atoms with E-state index in [1.807, 2.05) is 27.7 Å². The van der Waals surface area contributed by atoms with Gasteiger partial charge in [0.15, 0.2) is 6.29 Å². The summed E-state index contributed by atoms with van der Waals surface area (Å²) >= 11 is 0. The van der Waals surface area contributed by atoms with Crippen LogP contribution in [-0.4, -0.2) is 101 Å². The van der Waals surface area contributed by atoms with Gasteiger partial charge in [0.2, 0.25) is 0 Å². The molecule has 0 aromatic carbocycles. The Hall–Kier alpha value is -3.22. The van der Waals surface area contributed by atoms with Gasteiger partial charge in [-0.25, -0.2) is 4.79 Å². The van der Waals surface area contributed by atoms with E-state index in [9.17, 15) is 19.2 Å². The van der Waals surface area contributed by atoms with E-state index in [1.54, 1.807) is 0 Å². The molecule has 0 N–H and O–H groups in total. The Morgan fingerprint density at radius 3 is 1.60 bits per heavy atom. The molecular weight excluding hydrogens is 851 g/mol.